The molecule has 1 aromatic rings. The third-order valence-corrected chi connectivity index (χ3v) is 8.95. The average Bonchev–Trinajstić information content (AvgIpc) is 2.85. The summed E-state index contributed by atoms with van der Waals surface area (Å²) in [4.78, 5) is 10.2. The number of hydrogen-bond donors (Lipinski definition) is 2. The Morgan fingerprint density at radius 2 is 1.47 bits per heavy atom. The van der Waals surface area contributed by atoms with Crippen molar-refractivity contribution < 1.29 is 27.1 Å². The van der Waals surface area contributed by atoms with Crippen LogP contribution in [0.2, 0.25) is 0 Å². The maximum absolute atomic E-state index is 12.7. The van der Waals surface area contributed by atoms with Crippen LogP contribution in [0.3, 0.4) is 0 Å². The first kappa shape index (κ1) is 33.3. The number of benzene rings is 1. The second-order valence-electron chi connectivity index (χ2n) is 9.65. The molecular weight excluding hydrogens is 497 g/mol. The molecule has 0 bridgehead atoms. The highest BCUT2D eigenvalue weighted by molar-refractivity contribution is 7.89. The van der Waals surface area contributed by atoms with E-state index >= 15 is 0 Å². The molecule has 0 radical (unpaired) electrons. The predicted molar refractivity (Wildman–Crippen MR) is 149 cm³/mol. The number of sulfonamides is 1. The Morgan fingerprint density at radius 3 is 2.11 bits per heavy atom. The SMILES string of the molecule is CCCCCCCCCCS(=O)(=O)NC(CCCCCC)COP(=O)(O)CCOCc1ccccc1. The van der Waals surface area contributed by atoms with Crippen molar-refractivity contribution in [1.82, 2.24) is 4.72 Å². The van der Waals surface area contributed by atoms with Crippen LogP contribution in [0.5, 0.6) is 0 Å². The molecular formula is C27H50NO6PS. The van der Waals surface area contributed by atoms with Crippen molar-refractivity contribution in [2.45, 2.75) is 110 Å². The third-order valence-electron chi connectivity index (χ3n) is 6.13. The monoisotopic (exact) mass is 547 g/mol. The minimum atomic E-state index is -3.88. The van der Waals surface area contributed by atoms with E-state index < -0.39 is 23.7 Å². The van der Waals surface area contributed by atoms with Crippen molar-refractivity contribution in [3.05, 3.63) is 35.9 Å². The fourth-order valence-corrected chi connectivity index (χ4v) is 6.25. The number of ether oxygens (including phenoxy) is 1. The summed E-state index contributed by atoms with van der Waals surface area (Å²) in [5.74, 6) is 0.0809. The molecule has 0 aliphatic heterocycles. The van der Waals surface area contributed by atoms with Crippen molar-refractivity contribution in [2.75, 3.05) is 25.1 Å². The molecule has 36 heavy (non-hydrogen) atoms. The molecule has 210 valence electrons. The van der Waals surface area contributed by atoms with Crippen LogP contribution in [0.25, 0.3) is 0 Å². The lowest BCUT2D eigenvalue weighted by molar-refractivity contribution is 0.129. The van der Waals surface area contributed by atoms with Gasteiger partial charge in [0, 0.05) is 6.04 Å². The molecule has 1 rings (SSSR count). The molecule has 0 spiro atoms. The van der Waals surface area contributed by atoms with Crippen LogP contribution in [0, 0.1) is 0 Å². The lowest BCUT2D eigenvalue weighted by Gasteiger charge is -2.21. The van der Waals surface area contributed by atoms with Gasteiger partial charge >= 0.3 is 7.60 Å². The minimum absolute atomic E-state index is 0.0809. The first-order valence-corrected chi connectivity index (χ1v) is 17.3. The Kier molecular flexibility index (Phi) is 18.7. The van der Waals surface area contributed by atoms with E-state index in [1.54, 1.807) is 0 Å². The molecule has 0 aliphatic rings. The Labute approximate surface area is 220 Å². The van der Waals surface area contributed by atoms with E-state index in [-0.39, 0.29) is 25.1 Å². The first-order chi connectivity index (χ1) is 17.3. The van der Waals surface area contributed by atoms with Gasteiger partial charge in [0.25, 0.3) is 0 Å². The smallest absolute Gasteiger partial charge is 0.330 e. The second-order valence-corrected chi connectivity index (χ2v) is 13.5. The van der Waals surface area contributed by atoms with Crippen LogP contribution in [-0.4, -0.2) is 44.5 Å². The number of rotatable bonds is 24. The van der Waals surface area contributed by atoms with E-state index in [1.807, 2.05) is 30.3 Å². The van der Waals surface area contributed by atoms with E-state index in [0.29, 0.717) is 19.4 Å². The van der Waals surface area contributed by atoms with E-state index in [4.69, 9.17) is 9.26 Å². The summed E-state index contributed by atoms with van der Waals surface area (Å²) < 4.78 is 51.4. The van der Waals surface area contributed by atoms with Gasteiger partial charge in [0.15, 0.2) is 0 Å². The third kappa shape index (κ3) is 18.5. The standard InChI is InChI=1S/C27H50NO6PS/c1-3-5-7-9-10-11-12-17-23-36(31,32)28-27(20-16-8-6-4-2)25-34-35(29,30)22-21-33-24-26-18-14-13-15-19-26/h13-15,18-19,27-28H,3-12,16-17,20-25H2,1-2H3,(H,29,30). The average molecular weight is 548 g/mol. The van der Waals surface area contributed by atoms with Crippen molar-refractivity contribution in [1.29, 1.82) is 0 Å². The van der Waals surface area contributed by atoms with Crippen molar-refractivity contribution in [3.63, 3.8) is 0 Å². The molecule has 0 saturated carbocycles. The minimum Gasteiger partial charge on any atom is -0.376 e. The molecule has 0 saturated heterocycles. The molecule has 1 aromatic carbocycles. The van der Waals surface area contributed by atoms with Gasteiger partial charge in [-0.1, -0.05) is 115 Å². The quantitative estimate of drug-likeness (QED) is 0.109. The van der Waals surface area contributed by atoms with Crippen molar-refractivity contribution >= 4 is 17.6 Å². The summed E-state index contributed by atoms with van der Waals surface area (Å²) >= 11 is 0. The topological polar surface area (TPSA) is 102 Å². The Balaban J connectivity index is 2.42. The molecule has 9 heteroatoms. The van der Waals surface area contributed by atoms with Gasteiger partial charge in [-0.25, -0.2) is 13.1 Å². The van der Waals surface area contributed by atoms with E-state index in [1.165, 1.54) is 25.7 Å². The van der Waals surface area contributed by atoms with Crippen LogP contribution >= 0.6 is 7.60 Å². The zero-order valence-electron chi connectivity index (χ0n) is 22.5. The number of hydrogen-bond acceptors (Lipinski definition) is 5. The Morgan fingerprint density at radius 1 is 0.889 bits per heavy atom. The van der Waals surface area contributed by atoms with Gasteiger partial charge in [-0.3, -0.25) is 4.57 Å². The maximum Gasteiger partial charge on any atom is 0.330 e. The van der Waals surface area contributed by atoms with Gasteiger partial charge in [0.05, 0.1) is 31.7 Å². The van der Waals surface area contributed by atoms with Crippen LogP contribution in [0.4, 0.5) is 0 Å². The van der Waals surface area contributed by atoms with Crippen LogP contribution in [0.15, 0.2) is 30.3 Å². The summed E-state index contributed by atoms with van der Waals surface area (Å²) in [6, 6.07) is 9.09. The molecule has 7 nitrogen and oxygen atoms in total. The summed E-state index contributed by atoms with van der Waals surface area (Å²) in [5, 5.41) is 0. The van der Waals surface area contributed by atoms with Gasteiger partial charge in [-0.2, -0.15) is 0 Å². The van der Waals surface area contributed by atoms with E-state index in [9.17, 15) is 17.9 Å². The molecule has 2 atom stereocenters. The van der Waals surface area contributed by atoms with E-state index in [2.05, 4.69) is 18.6 Å². The molecule has 0 amide bonds. The second kappa shape index (κ2) is 20.2. The summed E-state index contributed by atoms with van der Waals surface area (Å²) in [7, 11) is -7.35. The molecule has 2 N–H and O–H groups in total. The lowest BCUT2D eigenvalue weighted by atomic mass is 10.1. The molecule has 0 aromatic heterocycles. The molecule has 0 aliphatic carbocycles. The first-order valence-electron chi connectivity index (χ1n) is 13.9. The normalized spacial score (nSPS) is 14.5. The molecule has 2 unspecified atom stereocenters. The van der Waals surface area contributed by atoms with Crippen molar-refractivity contribution in [2.24, 2.45) is 0 Å². The van der Waals surface area contributed by atoms with Crippen LogP contribution in [0.1, 0.15) is 103 Å². The van der Waals surface area contributed by atoms with Crippen LogP contribution in [-0.2, 0) is 30.5 Å². The largest absolute Gasteiger partial charge is 0.376 e. The zero-order valence-corrected chi connectivity index (χ0v) is 24.2. The van der Waals surface area contributed by atoms with Gasteiger partial charge in [-0.15, -0.1) is 0 Å². The van der Waals surface area contributed by atoms with Gasteiger partial charge in [0.1, 0.15) is 0 Å². The molecule has 0 fully saturated rings. The highest BCUT2D eigenvalue weighted by atomic mass is 32.2. The van der Waals surface area contributed by atoms with Gasteiger partial charge in [-0.05, 0) is 18.4 Å². The summed E-state index contributed by atoms with van der Waals surface area (Å²) in [5.41, 5.74) is 0.990. The highest BCUT2D eigenvalue weighted by Gasteiger charge is 2.24. The lowest BCUT2D eigenvalue weighted by Crippen LogP contribution is -2.39. The van der Waals surface area contributed by atoms with Crippen LogP contribution < -0.4 is 4.72 Å². The number of unbranched alkanes of at least 4 members (excludes halogenated alkanes) is 10. The van der Waals surface area contributed by atoms with E-state index in [0.717, 1.165) is 50.5 Å². The summed E-state index contributed by atoms with van der Waals surface area (Å²) in [6.45, 7) is 4.65. The fourth-order valence-electron chi connectivity index (χ4n) is 3.95. The molecule has 0 heterocycles. The maximum atomic E-state index is 12.7. The zero-order chi connectivity index (χ0) is 26.5. The van der Waals surface area contributed by atoms with Gasteiger partial charge < -0.3 is 14.2 Å². The van der Waals surface area contributed by atoms with Crippen molar-refractivity contribution in [3.8, 4) is 0 Å². The highest BCUT2D eigenvalue weighted by Crippen LogP contribution is 2.41. The Hall–Kier alpha value is -0.760. The predicted octanol–water partition coefficient (Wildman–Crippen LogP) is 6.80. The fraction of sp³-hybridized carbons (Fsp3) is 0.778. The summed E-state index contributed by atoms with van der Waals surface area (Å²) in [6.07, 6.45) is 13.2. The Bertz CT molecular complexity index is 806. The van der Waals surface area contributed by atoms with Gasteiger partial charge in [0.2, 0.25) is 10.0 Å². The number of nitrogens with one attached hydrogen (secondary N) is 1.